The summed E-state index contributed by atoms with van der Waals surface area (Å²) >= 11 is 2.47. The number of fused-ring (bicyclic) bond motifs is 1. The van der Waals surface area contributed by atoms with E-state index in [0.29, 0.717) is 22.0 Å². The van der Waals surface area contributed by atoms with Crippen LogP contribution in [0, 0.1) is 6.92 Å². The fraction of sp³-hybridized carbons (Fsp3) is 0.190. The summed E-state index contributed by atoms with van der Waals surface area (Å²) in [5, 5.41) is 4.79. The zero-order valence-electron chi connectivity index (χ0n) is 17.0. The number of ether oxygens (including phenoxy) is 2. The maximum absolute atomic E-state index is 12.7. The molecule has 2 amide bonds. The van der Waals surface area contributed by atoms with E-state index in [0.717, 1.165) is 22.6 Å². The molecule has 1 aliphatic heterocycles. The van der Waals surface area contributed by atoms with E-state index >= 15 is 0 Å². The Morgan fingerprint density at radius 3 is 3.00 bits per heavy atom. The standard InChI is InChI=1S/C21H18N4O5S2/c1-3-6-29-20(28)19-12(2)23-21(32-19)24-17(26)8-25-15-7-13(14-10-31-11-22-14)4-5-16(15)30-9-18(25)27/h3-5,7,10-11H,1,6,8-9H2,2H3,(H,23,24,26). The molecule has 2 aromatic heterocycles. The summed E-state index contributed by atoms with van der Waals surface area (Å²) in [6.45, 7) is 4.84. The van der Waals surface area contributed by atoms with Gasteiger partial charge in [-0.3, -0.25) is 14.5 Å². The first-order valence-corrected chi connectivity index (χ1v) is 11.2. The number of amides is 2. The first-order chi connectivity index (χ1) is 15.5. The van der Waals surface area contributed by atoms with Gasteiger partial charge < -0.3 is 14.8 Å². The molecule has 3 heterocycles. The van der Waals surface area contributed by atoms with Gasteiger partial charge in [0.1, 0.15) is 23.8 Å². The Morgan fingerprint density at radius 1 is 1.41 bits per heavy atom. The summed E-state index contributed by atoms with van der Waals surface area (Å²) in [5.74, 6) is -0.821. The van der Waals surface area contributed by atoms with Crippen molar-refractivity contribution in [1.29, 1.82) is 0 Å². The molecule has 0 fully saturated rings. The molecule has 9 nitrogen and oxygen atoms in total. The van der Waals surface area contributed by atoms with E-state index in [1.807, 2.05) is 11.4 Å². The highest BCUT2D eigenvalue weighted by Gasteiger charge is 2.28. The van der Waals surface area contributed by atoms with E-state index in [1.165, 1.54) is 22.3 Å². The molecule has 1 aromatic carbocycles. The summed E-state index contributed by atoms with van der Waals surface area (Å²) in [6, 6.07) is 5.38. The zero-order valence-corrected chi connectivity index (χ0v) is 18.6. The lowest BCUT2D eigenvalue weighted by Crippen LogP contribution is -2.43. The van der Waals surface area contributed by atoms with Gasteiger partial charge >= 0.3 is 5.97 Å². The molecule has 4 rings (SSSR count). The average Bonchev–Trinajstić information content (AvgIpc) is 3.44. The molecule has 1 aliphatic rings. The number of hydrogen-bond acceptors (Lipinski definition) is 9. The molecule has 0 spiro atoms. The maximum atomic E-state index is 12.7. The molecule has 0 saturated carbocycles. The number of carbonyl (C=O) groups excluding carboxylic acids is 3. The van der Waals surface area contributed by atoms with Crippen LogP contribution in [0.15, 0.2) is 41.7 Å². The number of benzene rings is 1. The summed E-state index contributed by atoms with van der Waals surface area (Å²) in [4.78, 5) is 47.4. The monoisotopic (exact) mass is 470 g/mol. The van der Waals surface area contributed by atoms with Crippen molar-refractivity contribution in [2.45, 2.75) is 6.92 Å². The van der Waals surface area contributed by atoms with Gasteiger partial charge in [-0.05, 0) is 25.1 Å². The van der Waals surface area contributed by atoms with E-state index < -0.39 is 11.9 Å². The predicted octanol–water partition coefficient (Wildman–Crippen LogP) is 3.28. The normalized spacial score (nSPS) is 12.7. The molecular weight excluding hydrogens is 452 g/mol. The molecule has 11 heteroatoms. The second-order valence-corrected chi connectivity index (χ2v) is 8.41. The van der Waals surface area contributed by atoms with Gasteiger partial charge in [0.25, 0.3) is 5.91 Å². The van der Waals surface area contributed by atoms with Crippen molar-refractivity contribution in [2.75, 3.05) is 30.0 Å². The number of nitrogens with one attached hydrogen (secondary N) is 1. The van der Waals surface area contributed by atoms with E-state index in [4.69, 9.17) is 9.47 Å². The van der Waals surface area contributed by atoms with Crippen LogP contribution in [0.25, 0.3) is 11.3 Å². The number of aryl methyl sites for hydroxylation is 1. The summed E-state index contributed by atoms with van der Waals surface area (Å²) in [7, 11) is 0. The molecule has 0 unspecified atom stereocenters. The van der Waals surface area contributed by atoms with Crippen LogP contribution in [0.4, 0.5) is 10.8 Å². The third-order valence-corrected chi connectivity index (χ3v) is 6.13. The molecule has 164 valence electrons. The van der Waals surface area contributed by atoms with E-state index in [-0.39, 0.29) is 30.8 Å². The van der Waals surface area contributed by atoms with E-state index in [1.54, 1.807) is 24.6 Å². The Labute approximate surface area is 191 Å². The summed E-state index contributed by atoms with van der Waals surface area (Å²) in [5.41, 5.74) is 4.24. The van der Waals surface area contributed by atoms with Gasteiger partial charge in [0.15, 0.2) is 11.7 Å². The first-order valence-electron chi connectivity index (χ1n) is 9.47. The molecule has 0 saturated heterocycles. The van der Waals surface area contributed by atoms with Crippen molar-refractivity contribution in [3.8, 4) is 17.0 Å². The van der Waals surface area contributed by atoms with E-state index in [2.05, 4.69) is 21.9 Å². The Hall–Kier alpha value is -3.57. The van der Waals surface area contributed by atoms with Crippen molar-refractivity contribution in [1.82, 2.24) is 9.97 Å². The molecule has 0 radical (unpaired) electrons. The predicted molar refractivity (Wildman–Crippen MR) is 121 cm³/mol. The van der Waals surface area contributed by atoms with Gasteiger partial charge in [-0.25, -0.2) is 14.8 Å². The van der Waals surface area contributed by atoms with Crippen molar-refractivity contribution in [2.24, 2.45) is 0 Å². The van der Waals surface area contributed by atoms with Crippen LogP contribution >= 0.6 is 22.7 Å². The summed E-state index contributed by atoms with van der Waals surface area (Å²) in [6.07, 6.45) is 1.47. The zero-order chi connectivity index (χ0) is 22.7. The van der Waals surface area contributed by atoms with Gasteiger partial charge in [-0.1, -0.05) is 24.0 Å². The van der Waals surface area contributed by atoms with Gasteiger partial charge in [0.05, 0.1) is 22.6 Å². The van der Waals surface area contributed by atoms with Crippen molar-refractivity contribution in [3.63, 3.8) is 0 Å². The maximum Gasteiger partial charge on any atom is 0.350 e. The fourth-order valence-corrected chi connectivity index (χ4v) is 4.47. The molecule has 0 atom stereocenters. The van der Waals surface area contributed by atoms with Crippen molar-refractivity contribution in [3.05, 3.63) is 52.3 Å². The number of rotatable bonds is 7. The lowest BCUT2D eigenvalue weighted by Gasteiger charge is -2.29. The van der Waals surface area contributed by atoms with Crippen LogP contribution in [0.1, 0.15) is 15.4 Å². The largest absolute Gasteiger partial charge is 0.482 e. The van der Waals surface area contributed by atoms with Crippen LogP contribution < -0.4 is 15.0 Å². The minimum atomic E-state index is -0.535. The molecule has 3 aromatic rings. The third kappa shape index (κ3) is 4.53. The number of aromatic nitrogens is 2. The van der Waals surface area contributed by atoms with Crippen LogP contribution in [0.5, 0.6) is 5.75 Å². The Kier molecular flexibility index (Phi) is 6.28. The highest BCUT2D eigenvalue weighted by molar-refractivity contribution is 7.17. The van der Waals surface area contributed by atoms with Crippen LogP contribution in [0.3, 0.4) is 0 Å². The van der Waals surface area contributed by atoms with Crippen LogP contribution in [-0.2, 0) is 14.3 Å². The molecule has 0 bridgehead atoms. The van der Waals surface area contributed by atoms with Crippen LogP contribution in [-0.4, -0.2) is 47.5 Å². The minimum absolute atomic E-state index is 0.0826. The Bertz CT molecular complexity index is 1190. The topological polar surface area (TPSA) is 111 Å². The van der Waals surface area contributed by atoms with Gasteiger partial charge in [-0.2, -0.15) is 0 Å². The number of thiazole rings is 2. The van der Waals surface area contributed by atoms with Crippen molar-refractivity contribution < 1.29 is 23.9 Å². The SMILES string of the molecule is C=CCOC(=O)c1sc(NC(=O)CN2C(=O)COc3ccc(-c4cscn4)cc32)nc1C. The van der Waals surface area contributed by atoms with Gasteiger partial charge in [0.2, 0.25) is 5.91 Å². The lowest BCUT2D eigenvalue weighted by molar-refractivity contribution is -0.123. The second kappa shape index (κ2) is 9.28. The van der Waals surface area contributed by atoms with Crippen molar-refractivity contribution >= 4 is 51.3 Å². The summed E-state index contributed by atoms with van der Waals surface area (Å²) < 4.78 is 10.5. The first kappa shape index (κ1) is 21.7. The number of hydrogen-bond donors (Lipinski definition) is 1. The lowest BCUT2D eigenvalue weighted by atomic mass is 10.1. The highest BCUT2D eigenvalue weighted by Crippen LogP contribution is 2.36. The molecular formula is C21H18N4O5S2. The number of carbonyl (C=O) groups is 3. The quantitative estimate of drug-likeness (QED) is 0.417. The minimum Gasteiger partial charge on any atom is -0.482 e. The molecule has 0 aliphatic carbocycles. The second-order valence-electron chi connectivity index (χ2n) is 6.69. The smallest absolute Gasteiger partial charge is 0.350 e. The number of anilines is 2. The molecule has 1 N–H and O–H groups in total. The number of nitrogens with zero attached hydrogens (tertiary/aromatic N) is 3. The number of esters is 1. The average molecular weight is 471 g/mol. The fourth-order valence-electron chi connectivity index (χ4n) is 3.03. The van der Waals surface area contributed by atoms with Gasteiger partial charge in [0, 0.05) is 10.9 Å². The Balaban J connectivity index is 1.50. The molecule has 32 heavy (non-hydrogen) atoms. The third-order valence-electron chi connectivity index (χ3n) is 4.49. The van der Waals surface area contributed by atoms with E-state index in [9.17, 15) is 14.4 Å². The highest BCUT2D eigenvalue weighted by atomic mass is 32.1. The van der Waals surface area contributed by atoms with Gasteiger partial charge in [-0.15, -0.1) is 11.3 Å². The van der Waals surface area contributed by atoms with Crippen LogP contribution in [0.2, 0.25) is 0 Å². The Morgan fingerprint density at radius 2 is 2.25 bits per heavy atom.